The van der Waals surface area contributed by atoms with Gasteiger partial charge in [-0.2, -0.15) is 0 Å². The number of carboxylic acids is 6. The Hall–Kier alpha value is 0.479. The van der Waals surface area contributed by atoms with Crippen molar-refractivity contribution in [1.29, 1.82) is 0 Å². The molecule has 0 saturated carbocycles. The quantitative estimate of drug-likeness (QED) is 0.122. The van der Waals surface area contributed by atoms with Crippen LogP contribution in [0.4, 0.5) is 0 Å². The van der Waals surface area contributed by atoms with Crippen molar-refractivity contribution in [3.8, 4) is 0 Å². The predicted octanol–water partition coefficient (Wildman–Crippen LogP) is -6.07. The molecule has 0 rings (SSSR count). The summed E-state index contributed by atoms with van der Waals surface area (Å²) in [6.07, 6.45) is -4.58. The Kier molecular flexibility index (Phi) is 29.6. The average Bonchev–Trinajstić information content (AvgIpc) is 2.34. The molecule has 0 bridgehead atoms. The Morgan fingerprint density at radius 2 is 0.600 bits per heavy atom. The molecule has 10 N–H and O–H groups in total. The van der Waals surface area contributed by atoms with Gasteiger partial charge < -0.3 is 46.3 Å². The molecule has 0 atom stereocenters. The summed E-state index contributed by atoms with van der Waals surface area (Å²) >= 11 is 0. The molecule has 30 heavy (non-hydrogen) atoms. The SMILES string of the molecule is O.O=C(O)CC(O)(CC(=O)O)C(=O)O.O=C(O)CC(O)(CC(=O)O)C(=O)O.[CaH2].[CaH2].[CaH2]. The van der Waals surface area contributed by atoms with Gasteiger partial charge in [-0.1, -0.05) is 0 Å². The van der Waals surface area contributed by atoms with Crippen LogP contribution >= 0.6 is 0 Å². The van der Waals surface area contributed by atoms with Gasteiger partial charge in [0.05, 0.1) is 25.7 Å². The molecule has 168 valence electrons. The van der Waals surface area contributed by atoms with Gasteiger partial charge in [0.25, 0.3) is 0 Å². The average molecular weight is 529 g/mol. The van der Waals surface area contributed by atoms with Crippen LogP contribution < -0.4 is 0 Å². The third-order valence-corrected chi connectivity index (χ3v) is 2.57. The van der Waals surface area contributed by atoms with Crippen LogP contribution in [0.5, 0.6) is 0 Å². The second-order valence-electron chi connectivity index (χ2n) is 4.96. The van der Waals surface area contributed by atoms with Crippen LogP contribution in [0.25, 0.3) is 0 Å². The molecule has 0 heterocycles. The van der Waals surface area contributed by atoms with Crippen LogP contribution in [0.2, 0.25) is 0 Å². The first-order valence-electron chi connectivity index (χ1n) is 6.34. The summed E-state index contributed by atoms with van der Waals surface area (Å²) in [4.78, 5) is 61.0. The Bertz CT molecular complexity index is 522. The fraction of sp³-hybridized carbons (Fsp3) is 0.500. The first kappa shape index (κ1) is 44.2. The van der Waals surface area contributed by atoms with E-state index in [9.17, 15) is 28.8 Å². The summed E-state index contributed by atoms with van der Waals surface area (Å²) in [6.45, 7) is 0. The van der Waals surface area contributed by atoms with Crippen LogP contribution in [-0.2, 0) is 28.8 Å². The normalized spacial score (nSPS) is 9.40. The molecule has 0 aromatic rings. The van der Waals surface area contributed by atoms with E-state index in [1.165, 1.54) is 0 Å². The molecule has 15 nitrogen and oxygen atoms in total. The molecule has 0 aromatic heterocycles. The van der Waals surface area contributed by atoms with Gasteiger partial charge in [0.15, 0.2) is 11.2 Å². The summed E-state index contributed by atoms with van der Waals surface area (Å²) in [5.74, 6) is -10.0. The van der Waals surface area contributed by atoms with Gasteiger partial charge in [-0.25, -0.2) is 9.59 Å². The van der Waals surface area contributed by atoms with Crippen molar-refractivity contribution in [1.82, 2.24) is 0 Å². The number of aliphatic carboxylic acids is 6. The van der Waals surface area contributed by atoms with Crippen molar-refractivity contribution < 1.29 is 75.1 Å². The van der Waals surface area contributed by atoms with Gasteiger partial charge in [0.1, 0.15) is 0 Å². The molecular weight excluding hydrogens is 504 g/mol. The van der Waals surface area contributed by atoms with Gasteiger partial charge in [0, 0.05) is 0 Å². The number of rotatable bonds is 10. The van der Waals surface area contributed by atoms with Gasteiger partial charge in [-0.3, -0.25) is 19.2 Å². The fourth-order valence-electron chi connectivity index (χ4n) is 1.43. The van der Waals surface area contributed by atoms with Crippen LogP contribution in [0, 0.1) is 0 Å². The maximum atomic E-state index is 10.3. The van der Waals surface area contributed by atoms with E-state index < -0.39 is 72.7 Å². The third-order valence-electron chi connectivity index (χ3n) is 2.57. The third kappa shape index (κ3) is 20.4. The molecule has 0 aliphatic heterocycles. The summed E-state index contributed by atoms with van der Waals surface area (Å²) in [6, 6.07) is 0. The fourth-order valence-corrected chi connectivity index (χ4v) is 1.43. The summed E-state index contributed by atoms with van der Waals surface area (Å²) in [5, 5.41) is 67.6. The van der Waals surface area contributed by atoms with Crippen molar-refractivity contribution in [2.24, 2.45) is 0 Å². The van der Waals surface area contributed by atoms with E-state index in [-0.39, 0.29) is 119 Å². The van der Waals surface area contributed by atoms with Gasteiger partial charge >= 0.3 is 149 Å². The maximum absolute atomic E-state index is 10.3. The molecule has 0 aromatic carbocycles. The summed E-state index contributed by atoms with van der Waals surface area (Å²) < 4.78 is 0. The van der Waals surface area contributed by atoms with Crippen LogP contribution in [0.15, 0.2) is 0 Å². The molecule has 0 aliphatic rings. The van der Waals surface area contributed by atoms with E-state index in [2.05, 4.69) is 0 Å². The van der Waals surface area contributed by atoms with Crippen molar-refractivity contribution in [2.75, 3.05) is 0 Å². The molecular formula is C12H24Ca3O15. The summed E-state index contributed by atoms with van der Waals surface area (Å²) in [7, 11) is 0. The van der Waals surface area contributed by atoms with E-state index in [1.807, 2.05) is 0 Å². The molecule has 0 radical (unpaired) electrons. The number of aliphatic hydroxyl groups is 2. The number of hydrogen-bond acceptors (Lipinski definition) is 8. The molecule has 0 spiro atoms. The molecule has 0 saturated heterocycles. The zero-order valence-electron chi connectivity index (χ0n) is 13.4. The zero-order valence-corrected chi connectivity index (χ0v) is 13.4. The van der Waals surface area contributed by atoms with Crippen molar-refractivity contribution >= 4 is 149 Å². The van der Waals surface area contributed by atoms with E-state index in [1.54, 1.807) is 0 Å². The topological polar surface area (TPSA) is 296 Å². The second-order valence-corrected chi connectivity index (χ2v) is 4.96. The first-order valence-corrected chi connectivity index (χ1v) is 6.34. The van der Waals surface area contributed by atoms with Crippen molar-refractivity contribution in [2.45, 2.75) is 36.9 Å². The van der Waals surface area contributed by atoms with E-state index >= 15 is 0 Å². The monoisotopic (exact) mass is 528 g/mol. The Morgan fingerprint density at radius 3 is 0.667 bits per heavy atom. The molecule has 0 unspecified atom stereocenters. The Morgan fingerprint density at radius 1 is 0.467 bits per heavy atom. The molecule has 18 heteroatoms. The number of carboxylic acid groups (broad SMARTS) is 6. The molecule has 0 fully saturated rings. The van der Waals surface area contributed by atoms with E-state index in [0.717, 1.165) is 0 Å². The Balaban J connectivity index is -0.0000000847. The van der Waals surface area contributed by atoms with Crippen LogP contribution in [0.1, 0.15) is 25.7 Å². The van der Waals surface area contributed by atoms with E-state index in [4.69, 9.17) is 40.9 Å². The number of hydrogen-bond donors (Lipinski definition) is 8. The van der Waals surface area contributed by atoms with Crippen molar-refractivity contribution in [3.05, 3.63) is 0 Å². The zero-order chi connectivity index (χ0) is 21.3. The van der Waals surface area contributed by atoms with Gasteiger partial charge in [-0.05, 0) is 0 Å². The van der Waals surface area contributed by atoms with Crippen molar-refractivity contribution in [3.63, 3.8) is 0 Å². The van der Waals surface area contributed by atoms with Gasteiger partial charge in [-0.15, -0.1) is 0 Å². The van der Waals surface area contributed by atoms with E-state index in [0.29, 0.717) is 0 Å². The predicted molar refractivity (Wildman–Crippen MR) is 103 cm³/mol. The first-order chi connectivity index (χ1) is 11.6. The van der Waals surface area contributed by atoms with Gasteiger partial charge in [0.2, 0.25) is 0 Å². The summed E-state index contributed by atoms with van der Waals surface area (Å²) in [5.41, 5.74) is -5.48. The standard InChI is InChI=1S/2C6H8O7.3Ca.H2O.6H/c2*7-3(8)1-6(13,5(11)12)2-4(9)10;;;;;;;;;;/h2*13H,1-2H2,(H,7,8)(H,9,10)(H,11,12);;;;1H2;;;;;;. The molecule has 0 amide bonds. The van der Waals surface area contributed by atoms with Crippen LogP contribution in [-0.4, -0.2) is 207 Å². The van der Waals surface area contributed by atoms with Crippen LogP contribution in [0.3, 0.4) is 0 Å². The second kappa shape index (κ2) is 20.1. The minimum absolute atomic E-state index is 0. The number of carbonyl (C=O) groups is 6. The Labute approximate surface area is 257 Å². The molecule has 0 aliphatic carbocycles. The minimum atomic E-state index is -2.74.